The number of benzene rings is 2. The predicted molar refractivity (Wildman–Crippen MR) is 127 cm³/mol. The minimum absolute atomic E-state index is 0.0369. The summed E-state index contributed by atoms with van der Waals surface area (Å²) in [4.78, 5) is 15.6. The molecule has 1 fully saturated rings. The normalized spacial score (nSPS) is 25.0. The molecule has 1 heterocycles. The third kappa shape index (κ3) is 4.83. The summed E-state index contributed by atoms with van der Waals surface area (Å²) in [7, 11) is 0. The predicted octanol–water partition coefficient (Wildman–Crippen LogP) is 5.34. The van der Waals surface area contributed by atoms with E-state index < -0.39 is 5.54 Å². The summed E-state index contributed by atoms with van der Waals surface area (Å²) in [5, 5.41) is 11.5. The number of hydrogen-bond acceptors (Lipinski definition) is 3. The zero-order valence-corrected chi connectivity index (χ0v) is 19.5. The molecule has 4 atom stereocenters. The van der Waals surface area contributed by atoms with Crippen molar-refractivity contribution in [3.05, 3.63) is 82.4 Å². The summed E-state index contributed by atoms with van der Waals surface area (Å²) in [6.07, 6.45) is 2.48. The summed E-state index contributed by atoms with van der Waals surface area (Å²) in [5.41, 5.74) is 7.57. The van der Waals surface area contributed by atoms with Gasteiger partial charge in [0.1, 0.15) is 0 Å². The largest absolute Gasteiger partial charge is 0.394 e. The Labute approximate surface area is 194 Å². The first kappa shape index (κ1) is 23.8. The number of amides is 1. The second-order valence-corrected chi connectivity index (χ2v) is 9.59. The van der Waals surface area contributed by atoms with Crippen molar-refractivity contribution in [2.24, 2.45) is 11.7 Å². The van der Waals surface area contributed by atoms with Gasteiger partial charge in [0.15, 0.2) is 0 Å². The summed E-state index contributed by atoms with van der Waals surface area (Å²) in [6.45, 7) is 7.67. The Kier molecular flexibility index (Phi) is 7.48. The standard InChI is InChI=1S/C25H30Cl2N2O2/c1-4-12-25(28)14-21(18-6-5-7-20(27)13-18)23(17-8-10-19(26)11-9-17)29(24(25)31)22(15-30)16(2)3/h4-11,13,16,21-23,30H,1,12,14-15,28H2,2-3H3/t21?,22-,23?,25-/m1/s1. The van der Waals surface area contributed by atoms with E-state index in [2.05, 4.69) is 6.58 Å². The van der Waals surface area contributed by atoms with Gasteiger partial charge < -0.3 is 15.7 Å². The van der Waals surface area contributed by atoms with Crippen LogP contribution in [0.4, 0.5) is 0 Å². The van der Waals surface area contributed by atoms with Crippen molar-refractivity contribution in [1.82, 2.24) is 4.90 Å². The van der Waals surface area contributed by atoms with E-state index in [1.54, 1.807) is 11.0 Å². The average Bonchev–Trinajstić information content (AvgIpc) is 2.72. The van der Waals surface area contributed by atoms with Crippen LogP contribution >= 0.6 is 23.2 Å². The molecule has 0 aliphatic carbocycles. The molecule has 2 aromatic carbocycles. The molecule has 1 amide bonds. The van der Waals surface area contributed by atoms with Crippen LogP contribution in [0.3, 0.4) is 0 Å². The number of aliphatic hydroxyl groups is 1. The van der Waals surface area contributed by atoms with Crippen LogP contribution in [0, 0.1) is 5.92 Å². The molecule has 0 aromatic heterocycles. The summed E-state index contributed by atoms with van der Waals surface area (Å²) in [6, 6.07) is 14.5. The van der Waals surface area contributed by atoms with Crippen molar-refractivity contribution in [3.63, 3.8) is 0 Å². The first-order valence-electron chi connectivity index (χ1n) is 10.6. The number of likely N-dealkylation sites (tertiary alicyclic amines) is 1. The number of piperidine rings is 1. The van der Waals surface area contributed by atoms with E-state index >= 15 is 0 Å². The molecule has 1 saturated heterocycles. The molecule has 0 saturated carbocycles. The van der Waals surface area contributed by atoms with Crippen molar-refractivity contribution >= 4 is 29.1 Å². The number of nitrogens with two attached hydrogens (primary N) is 1. The average molecular weight is 461 g/mol. The molecule has 1 aliphatic rings. The van der Waals surface area contributed by atoms with E-state index in [0.29, 0.717) is 22.9 Å². The molecule has 3 rings (SSSR count). The van der Waals surface area contributed by atoms with E-state index in [0.717, 1.165) is 11.1 Å². The Morgan fingerprint density at radius 1 is 1.19 bits per heavy atom. The molecule has 166 valence electrons. The van der Waals surface area contributed by atoms with Crippen molar-refractivity contribution < 1.29 is 9.90 Å². The monoisotopic (exact) mass is 460 g/mol. The quantitative estimate of drug-likeness (QED) is 0.547. The molecule has 31 heavy (non-hydrogen) atoms. The Balaban J connectivity index is 2.24. The van der Waals surface area contributed by atoms with Gasteiger partial charge >= 0.3 is 0 Å². The van der Waals surface area contributed by atoms with Crippen LogP contribution in [0.15, 0.2) is 61.2 Å². The summed E-state index contributed by atoms with van der Waals surface area (Å²) < 4.78 is 0. The van der Waals surface area contributed by atoms with Gasteiger partial charge in [-0.1, -0.05) is 67.4 Å². The molecular formula is C25H30Cl2N2O2. The molecule has 1 aliphatic heterocycles. The third-order valence-corrected chi connectivity index (χ3v) is 6.72. The van der Waals surface area contributed by atoms with Gasteiger partial charge in [0.2, 0.25) is 5.91 Å². The highest BCUT2D eigenvalue weighted by Crippen LogP contribution is 2.48. The molecular weight excluding hydrogens is 431 g/mol. The smallest absolute Gasteiger partial charge is 0.243 e. The van der Waals surface area contributed by atoms with E-state index in [1.807, 2.05) is 62.4 Å². The lowest BCUT2D eigenvalue weighted by atomic mass is 9.70. The topological polar surface area (TPSA) is 66.6 Å². The number of aliphatic hydroxyl groups excluding tert-OH is 1. The minimum atomic E-state index is -1.11. The highest BCUT2D eigenvalue weighted by Gasteiger charge is 2.51. The number of carbonyl (C=O) groups is 1. The minimum Gasteiger partial charge on any atom is -0.394 e. The molecule has 6 heteroatoms. The zero-order chi connectivity index (χ0) is 22.8. The van der Waals surface area contributed by atoms with Crippen LogP contribution in [0.25, 0.3) is 0 Å². The van der Waals surface area contributed by atoms with Crippen molar-refractivity contribution in [2.45, 2.75) is 50.2 Å². The molecule has 2 aromatic rings. The molecule has 2 unspecified atom stereocenters. The summed E-state index contributed by atoms with van der Waals surface area (Å²) >= 11 is 12.5. The second-order valence-electron chi connectivity index (χ2n) is 8.72. The Morgan fingerprint density at radius 2 is 1.87 bits per heavy atom. The zero-order valence-electron chi connectivity index (χ0n) is 18.0. The SMILES string of the molecule is C=CC[C@@]1(N)CC(c2cccc(Cl)c2)C(c2ccc(Cl)cc2)N([C@H](CO)C(C)C)C1=O. The van der Waals surface area contributed by atoms with Crippen molar-refractivity contribution in [2.75, 3.05) is 6.61 Å². The molecule has 0 spiro atoms. The van der Waals surface area contributed by atoms with E-state index in [9.17, 15) is 9.90 Å². The lowest BCUT2D eigenvalue weighted by Gasteiger charge is -2.52. The van der Waals surface area contributed by atoms with Gasteiger partial charge in [-0.2, -0.15) is 0 Å². The van der Waals surface area contributed by atoms with Crippen LogP contribution in [0.2, 0.25) is 10.0 Å². The number of halogens is 2. The van der Waals surface area contributed by atoms with Gasteiger partial charge in [0, 0.05) is 16.0 Å². The Bertz CT molecular complexity index is 931. The lowest BCUT2D eigenvalue weighted by Crippen LogP contribution is -2.65. The third-order valence-electron chi connectivity index (χ3n) is 6.24. The van der Waals surface area contributed by atoms with Crippen molar-refractivity contribution in [1.29, 1.82) is 0 Å². The highest BCUT2D eigenvalue weighted by atomic mass is 35.5. The van der Waals surface area contributed by atoms with Gasteiger partial charge in [-0.25, -0.2) is 0 Å². The van der Waals surface area contributed by atoms with Crippen LogP contribution in [-0.4, -0.2) is 34.1 Å². The highest BCUT2D eigenvalue weighted by molar-refractivity contribution is 6.30. The van der Waals surface area contributed by atoms with E-state index in [4.69, 9.17) is 28.9 Å². The number of rotatable bonds is 7. The maximum Gasteiger partial charge on any atom is 0.243 e. The molecule has 0 radical (unpaired) electrons. The van der Waals surface area contributed by atoms with Gasteiger partial charge in [0.25, 0.3) is 0 Å². The maximum atomic E-state index is 13.8. The van der Waals surface area contributed by atoms with Gasteiger partial charge in [-0.15, -0.1) is 6.58 Å². The van der Waals surface area contributed by atoms with Crippen LogP contribution in [0.5, 0.6) is 0 Å². The fourth-order valence-corrected chi connectivity index (χ4v) is 4.99. The number of nitrogens with zero attached hydrogens (tertiary/aromatic N) is 1. The van der Waals surface area contributed by atoms with Crippen LogP contribution < -0.4 is 5.73 Å². The van der Waals surface area contributed by atoms with E-state index in [-0.39, 0.29) is 36.4 Å². The van der Waals surface area contributed by atoms with Gasteiger partial charge in [-0.05, 0) is 54.2 Å². The molecule has 0 bridgehead atoms. The van der Waals surface area contributed by atoms with E-state index in [1.165, 1.54) is 0 Å². The fourth-order valence-electron chi connectivity index (χ4n) is 4.66. The first-order chi connectivity index (χ1) is 14.7. The maximum absolute atomic E-state index is 13.8. The summed E-state index contributed by atoms with van der Waals surface area (Å²) in [5.74, 6) is -0.247. The van der Waals surface area contributed by atoms with Gasteiger partial charge in [-0.3, -0.25) is 4.79 Å². The second kappa shape index (κ2) is 9.74. The van der Waals surface area contributed by atoms with Crippen LogP contribution in [0.1, 0.15) is 49.8 Å². The lowest BCUT2D eigenvalue weighted by molar-refractivity contribution is -0.151. The number of hydrogen-bond donors (Lipinski definition) is 2. The Morgan fingerprint density at radius 3 is 2.42 bits per heavy atom. The number of carbonyl (C=O) groups excluding carboxylic acids is 1. The van der Waals surface area contributed by atoms with Crippen LogP contribution in [-0.2, 0) is 4.79 Å². The molecule has 3 N–H and O–H groups in total. The van der Waals surface area contributed by atoms with Gasteiger partial charge in [0.05, 0.1) is 24.2 Å². The van der Waals surface area contributed by atoms with Crippen molar-refractivity contribution in [3.8, 4) is 0 Å². The Hall–Kier alpha value is -1.85. The fraction of sp³-hybridized carbons (Fsp3) is 0.400. The first-order valence-corrected chi connectivity index (χ1v) is 11.3. The molecule has 4 nitrogen and oxygen atoms in total.